The smallest absolute Gasteiger partial charge is 0.269 e. The molecule has 2 heterocycles. The summed E-state index contributed by atoms with van der Waals surface area (Å²) < 4.78 is 27.1. The number of imide groups is 1. The van der Waals surface area contributed by atoms with Crippen LogP contribution >= 0.6 is 11.6 Å². The number of carbonyl (C=O) groups excluding carboxylic acids is 2. The Morgan fingerprint density at radius 3 is 2.15 bits per heavy atom. The van der Waals surface area contributed by atoms with Crippen molar-refractivity contribution in [1.29, 1.82) is 0 Å². The van der Waals surface area contributed by atoms with E-state index in [9.17, 15) is 28.1 Å². The molecule has 2 aliphatic heterocycles. The van der Waals surface area contributed by atoms with Gasteiger partial charge in [0.15, 0.2) is 0 Å². The van der Waals surface area contributed by atoms with Crippen LogP contribution in [0.5, 0.6) is 0 Å². The van der Waals surface area contributed by atoms with E-state index in [2.05, 4.69) is 0 Å². The number of non-ortho nitro benzene ring substituents is 1. The molecule has 1 atom stereocenters. The lowest BCUT2D eigenvalue weighted by Crippen LogP contribution is -2.53. The molecule has 33 heavy (non-hydrogen) atoms. The van der Waals surface area contributed by atoms with E-state index < -0.39 is 21.0 Å². The molecule has 2 amide bonds. The maximum absolute atomic E-state index is 12.9. The Bertz CT molecular complexity index is 1180. The first-order valence-electron chi connectivity index (χ1n) is 10.2. The van der Waals surface area contributed by atoms with Gasteiger partial charge in [0.2, 0.25) is 21.8 Å². The van der Waals surface area contributed by atoms with Crippen LogP contribution in [-0.4, -0.2) is 71.5 Å². The zero-order valence-corrected chi connectivity index (χ0v) is 19.0. The number of amides is 2. The quantitative estimate of drug-likeness (QED) is 0.343. The number of benzene rings is 2. The third-order valence-corrected chi connectivity index (χ3v) is 8.04. The highest BCUT2D eigenvalue weighted by atomic mass is 35.5. The minimum atomic E-state index is -3.82. The highest BCUT2D eigenvalue weighted by molar-refractivity contribution is 7.89. The number of nitrogens with zero attached hydrogens (tertiary/aromatic N) is 4. The highest BCUT2D eigenvalue weighted by Gasteiger charge is 2.43. The molecule has 0 unspecified atom stereocenters. The lowest BCUT2D eigenvalue weighted by atomic mass is 10.2. The number of halogens is 1. The Balaban J connectivity index is 1.39. The largest absolute Gasteiger partial charge is 0.289 e. The van der Waals surface area contributed by atoms with E-state index in [4.69, 9.17) is 11.6 Å². The molecule has 2 aliphatic rings. The topological polar surface area (TPSA) is 121 Å². The van der Waals surface area contributed by atoms with E-state index in [1.54, 1.807) is 24.3 Å². The second-order valence-electron chi connectivity index (χ2n) is 7.86. The average Bonchev–Trinajstić information content (AvgIpc) is 3.09. The Morgan fingerprint density at radius 1 is 0.970 bits per heavy atom. The van der Waals surface area contributed by atoms with Gasteiger partial charge >= 0.3 is 0 Å². The molecule has 2 aromatic carbocycles. The molecule has 4 rings (SSSR count). The number of rotatable bonds is 6. The van der Waals surface area contributed by atoms with E-state index in [0.717, 1.165) is 17.7 Å². The summed E-state index contributed by atoms with van der Waals surface area (Å²) in [5.41, 5.74) is 0.604. The number of sulfonamides is 1. The van der Waals surface area contributed by atoms with Gasteiger partial charge < -0.3 is 0 Å². The number of nitro groups is 1. The predicted molar refractivity (Wildman–Crippen MR) is 119 cm³/mol. The molecule has 2 saturated heterocycles. The van der Waals surface area contributed by atoms with Gasteiger partial charge in [-0.3, -0.25) is 29.5 Å². The molecule has 174 valence electrons. The fourth-order valence-electron chi connectivity index (χ4n) is 4.03. The van der Waals surface area contributed by atoms with Crippen LogP contribution in [0, 0.1) is 10.1 Å². The van der Waals surface area contributed by atoms with Gasteiger partial charge in [0.25, 0.3) is 5.69 Å². The fourth-order valence-corrected chi connectivity index (χ4v) is 5.58. The molecular formula is C21H21ClN4O6S. The van der Waals surface area contributed by atoms with Crippen LogP contribution in [0.4, 0.5) is 5.69 Å². The van der Waals surface area contributed by atoms with Crippen molar-refractivity contribution in [2.24, 2.45) is 0 Å². The molecule has 0 saturated carbocycles. The monoisotopic (exact) mass is 492 g/mol. The maximum atomic E-state index is 12.9. The van der Waals surface area contributed by atoms with Crippen molar-refractivity contribution in [3.8, 4) is 0 Å². The summed E-state index contributed by atoms with van der Waals surface area (Å²) in [6, 6.07) is 11.0. The van der Waals surface area contributed by atoms with E-state index >= 15 is 0 Å². The van der Waals surface area contributed by atoms with Crippen molar-refractivity contribution in [1.82, 2.24) is 14.1 Å². The summed E-state index contributed by atoms with van der Waals surface area (Å²) in [4.78, 5) is 38.7. The maximum Gasteiger partial charge on any atom is 0.269 e. The fraction of sp³-hybridized carbons (Fsp3) is 0.333. The summed E-state index contributed by atoms with van der Waals surface area (Å²) in [6.07, 6.45) is 0.0571. The number of carbonyl (C=O) groups is 2. The number of piperazine rings is 1. The Labute approximate surface area is 195 Å². The van der Waals surface area contributed by atoms with E-state index in [1.165, 1.54) is 21.3 Å². The first kappa shape index (κ1) is 23.3. The van der Waals surface area contributed by atoms with Crippen molar-refractivity contribution in [2.75, 3.05) is 26.2 Å². The van der Waals surface area contributed by atoms with E-state index in [0.29, 0.717) is 18.1 Å². The number of hydrogen-bond donors (Lipinski definition) is 0. The summed E-state index contributed by atoms with van der Waals surface area (Å²) in [5, 5.41) is 11.4. The molecule has 0 aromatic heterocycles. The molecule has 0 spiro atoms. The minimum Gasteiger partial charge on any atom is -0.289 e. The van der Waals surface area contributed by atoms with Crippen LogP contribution in [0.1, 0.15) is 12.0 Å². The zero-order valence-electron chi connectivity index (χ0n) is 17.5. The normalized spacial score (nSPS) is 20.4. The second kappa shape index (κ2) is 9.18. The second-order valence-corrected chi connectivity index (χ2v) is 10.2. The van der Waals surface area contributed by atoms with Gasteiger partial charge in [0.1, 0.15) is 0 Å². The van der Waals surface area contributed by atoms with Gasteiger partial charge in [0, 0.05) is 43.3 Å². The van der Waals surface area contributed by atoms with Crippen molar-refractivity contribution in [2.45, 2.75) is 23.9 Å². The van der Waals surface area contributed by atoms with Crippen molar-refractivity contribution >= 4 is 39.1 Å². The van der Waals surface area contributed by atoms with Gasteiger partial charge in [0.05, 0.1) is 28.8 Å². The third kappa shape index (κ3) is 4.76. The van der Waals surface area contributed by atoms with Crippen LogP contribution in [-0.2, 0) is 26.2 Å². The molecule has 0 bridgehead atoms. The molecule has 12 heteroatoms. The number of likely N-dealkylation sites (tertiary alicyclic amines) is 1. The summed E-state index contributed by atoms with van der Waals surface area (Å²) >= 11 is 5.88. The number of hydrogen-bond acceptors (Lipinski definition) is 7. The lowest BCUT2D eigenvalue weighted by molar-refractivity contribution is -0.384. The van der Waals surface area contributed by atoms with Gasteiger partial charge in [-0.2, -0.15) is 4.31 Å². The molecular weight excluding hydrogens is 472 g/mol. The zero-order chi connectivity index (χ0) is 23.8. The Hall–Kier alpha value is -2.86. The van der Waals surface area contributed by atoms with Gasteiger partial charge in [-0.25, -0.2) is 8.42 Å². The average molecular weight is 493 g/mol. The van der Waals surface area contributed by atoms with Crippen LogP contribution < -0.4 is 0 Å². The molecule has 10 nitrogen and oxygen atoms in total. The van der Waals surface area contributed by atoms with Crippen molar-refractivity contribution < 1.29 is 22.9 Å². The van der Waals surface area contributed by atoms with Gasteiger partial charge in [-0.05, 0) is 29.8 Å². The first-order valence-corrected chi connectivity index (χ1v) is 12.1. The van der Waals surface area contributed by atoms with Crippen molar-refractivity contribution in [3.63, 3.8) is 0 Å². The predicted octanol–water partition coefficient (Wildman–Crippen LogP) is 1.88. The minimum absolute atomic E-state index is 0.0252. The summed E-state index contributed by atoms with van der Waals surface area (Å²) in [5.74, 6) is -0.553. The van der Waals surface area contributed by atoms with Crippen molar-refractivity contribution in [3.05, 3.63) is 69.2 Å². The molecule has 0 N–H and O–H groups in total. The van der Waals surface area contributed by atoms with Crippen LogP contribution in [0.2, 0.25) is 5.02 Å². The molecule has 0 radical (unpaired) electrons. The van der Waals surface area contributed by atoms with E-state index in [-0.39, 0.29) is 48.5 Å². The van der Waals surface area contributed by atoms with Gasteiger partial charge in [-0.15, -0.1) is 0 Å². The van der Waals surface area contributed by atoms with Crippen LogP contribution in [0.25, 0.3) is 0 Å². The SMILES string of the molecule is O=C1C[C@H](N2CCN(S(=O)(=O)c3ccc([N+](=O)[O-])cc3)CC2)C(=O)N1Cc1ccc(Cl)cc1. The molecule has 2 fully saturated rings. The first-order chi connectivity index (χ1) is 15.7. The van der Waals surface area contributed by atoms with Crippen LogP contribution in [0.15, 0.2) is 53.4 Å². The van der Waals surface area contributed by atoms with Crippen LogP contribution in [0.3, 0.4) is 0 Å². The standard InChI is InChI=1S/C21H21ClN4O6S/c22-16-3-1-15(2-4-16)14-25-20(27)13-19(21(25)28)23-9-11-24(12-10-23)33(31,32)18-7-5-17(6-8-18)26(29)30/h1-8,19H,9-14H2/t19-/m0/s1. The number of nitro benzene ring substituents is 1. The Morgan fingerprint density at radius 2 is 1.58 bits per heavy atom. The third-order valence-electron chi connectivity index (χ3n) is 5.87. The molecule has 2 aromatic rings. The lowest BCUT2D eigenvalue weighted by Gasteiger charge is -2.36. The summed E-state index contributed by atoms with van der Waals surface area (Å²) in [6.45, 7) is 1.05. The molecule has 0 aliphatic carbocycles. The Kier molecular flexibility index (Phi) is 6.48. The van der Waals surface area contributed by atoms with Gasteiger partial charge in [-0.1, -0.05) is 23.7 Å². The van der Waals surface area contributed by atoms with E-state index in [1.807, 2.05) is 4.90 Å². The highest BCUT2D eigenvalue weighted by Crippen LogP contribution is 2.25. The summed E-state index contributed by atoms with van der Waals surface area (Å²) in [7, 11) is -3.82.